The molecule has 0 fully saturated rings. The molecule has 1 rings (SSSR count). The van der Waals surface area contributed by atoms with Crippen LogP contribution in [-0.4, -0.2) is 12.1 Å². The van der Waals surface area contributed by atoms with Gasteiger partial charge in [0.25, 0.3) is 0 Å². The highest BCUT2D eigenvalue weighted by Gasteiger charge is 2.11. The summed E-state index contributed by atoms with van der Waals surface area (Å²) >= 11 is 0. The minimum absolute atomic E-state index is 0.0639. The molecule has 1 aromatic heterocycles. The van der Waals surface area contributed by atoms with Crippen LogP contribution < -0.4 is 16.2 Å². The van der Waals surface area contributed by atoms with E-state index < -0.39 is 0 Å². The molecule has 4 nitrogen and oxygen atoms in total. The smallest absolute Gasteiger partial charge is 0.217 e. The molecule has 1 unspecified atom stereocenters. The molecule has 4 N–H and O–H groups in total. The number of nitrogens with two attached hydrogens (primary N) is 2. The summed E-state index contributed by atoms with van der Waals surface area (Å²) in [7, 11) is 1.57. The fraction of sp³-hybridized carbons (Fsp3) is 0.444. The lowest BCUT2D eigenvalue weighted by molar-refractivity contribution is 0.388. The van der Waals surface area contributed by atoms with E-state index >= 15 is 0 Å². The molecule has 1 aromatic rings. The van der Waals surface area contributed by atoms with Crippen molar-refractivity contribution in [1.82, 2.24) is 4.98 Å². The van der Waals surface area contributed by atoms with Crippen molar-refractivity contribution in [3.8, 4) is 5.88 Å². The highest BCUT2D eigenvalue weighted by atomic mass is 16.5. The van der Waals surface area contributed by atoms with Gasteiger partial charge in [-0.2, -0.15) is 0 Å². The van der Waals surface area contributed by atoms with E-state index in [1.807, 2.05) is 6.92 Å². The molecule has 0 aliphatic rings. The van der Waals surface area contributed by atoms with Gasteiger partial charge in [-0.15, -0.1) is 0 Å². The Morgan fingerprint density at radius 2 is 2.31 bits per heavy atom. The molecule has 0 amide bonds. The van der Waals surface area contributed by atoms with Crippen LogP contribution in [0.5, 0.6) is 5.88 Å². The van der Waals surface area contributed by atoms with Crippen LogP contribution in [0.1, 0.15) is 24.9 Å². The predicted octanol–water partition coefficient (Wildman–Crippen LogP) is 1.08. The van der Waals surface area contributed by atoms with Crippen molar-refractivity contribution >= 4 is 5.69 Å². The fourth-order valence-corrected chi connectivity index (χ4v) is 1.14. The van der Waals surface area contributed by atoms with Crippen molar-refractivity contribution in [2.24, 2.45) is 5.73 Å². The van der Waals surface area contributed by atoms with Crippen LogP contribution in [-0.2, 0) is 0 Å². The quantitative estimate of drug-likeness (QED) is 0.731. The summed E-state index contributed by atoms with van der Waals surface area (Å²) in [6.45, 7) is 2.01. The number of pyridine rings is 1. The first-order valence-corrected chi connectivity index (χ1v) is 4.24. The van der Waals surface area contributed by atoms with Gasteiger partial charge in [0, 0.05) is 11.6 Å². The molecule has 0 radical (unpaired) electrons. The Hall–Kier alpha value is -1.29. The summed E-state index contributed by atoms with van der Waals surface area (Å²) in [6.07, 6.45) is 2.40. The fourth-order valence-electron chi connectivity index (χ4n) is 1.14. The average molecular weight is 181 g/mol. The molecule has 1 atom stereocenters. The SMILES string of the molecule is CCC(N)c1cc(N)cnc1OC. The van der Waals surface area contributed by atoms with Gasteiger partial charge >= 0.3 is 0 Å². The molecule has 0 spiro atoms. The summed E-state index contributed by atoms with van der Waals surface area (Å²) in [5.41, 5.74) is 12.9. The number of anilines is 1. The Labute approximate surface area is 77.9 Å². The first kappa shape index (κ1) is 9.80. The monoisotopic (exact) mass is 181 g/mol. The zero-order valence-electron chi connectivity index (χ0n) is 7.95. The van der Waals surface area contributed by atoms with Crippen LogP contribution in [0.15, 0.2) is 12.3 Å². The molecule has 4 heteroatoms. The van der Waals surface area contributed by atoms with Gasteiger partial charge in [0.1, 0.15) is 0 Å². The summed E-state index contributed by atoms with van der Waals surface area (Å²) in [6, 6.07) is 1.74. The van der Waals surface area contributed by atoms with Gasteiger partial charge in [-0.1, -0.05) is 6.92 Å². The van der Waals surface area contributed by atoms with Crippen molar-refractivity contribution in [1.29, 1.82) is 0 Å². The number of hydrogen-bond acceptors (Lipinski definition) is 4. The lowest BCUT2D eigenvalue weighted by atomic mass is 10.1. The van der Waals surface area contributed by atoms with Crippen LogP contribution in [0.4, 0.5) is 5.69 Å². The van der Waals surface area contributed by atoms with Crippen molar-refractivity contribution < 1.29 is 4.74 Å². The molecule has 0 aliphatic carbocycles. The normalized spacial score (nSPS) is 12.5. The Kier molecular flexibility index (Phi) is 3.08. The Morgan fingerprint density at radius 3 is 2.85 bits per heavy atom. The maximum atomic E-state index is 5.86. The Bertz CT molecular complexity index is 288. The second kappa shape index (κ2) is 4.09. The standard InChI is InChI=1S/C9H15N3O/c1-3-8(11)7-4-6(10)5-12-9(7)13-2/h4-5,8H,3,10-11H2,1-2H3. The third kappa shape index (κ3) is 2.09. The number of rotatable bonds is 3. The van der Waals surface area contributed by atoms with Crippen LogP contribution >= 0.6 is 0 Å². The molecule has 72 valence electrons. The molecule has 0 saturated heterocycles. The zero-order valence-corrected chi connectivity index (χ0v) is 7.95. The molecule has 0 bridgehead atoms. The largest absolute Gasteiger partial charge is 0.481 e. The van der Waals surface area contributed by atoms with Crippen molar-refractivity contribution in [2.45, 2.75) is 19.4 Å². The molecule has 13 heavy (non-hydrogen) atoms. The highest BCUT2D eigenvalue weighted by Crippen LogP contribution is 2.24. The van der Waals surface area contributed by atoms with Crippen LogP contribution in [0.25, 0.3) is 0 Å². The third-order valence-corrected chi connectivity index (χ3v) is 1.93. The van der Waals surface area contributed by atoms with E-state index in [9.17, 15) is 0 Å². The van der Waals surface area contributed by atoms with E-state index in [4.69, 9.17) is 16.2 Å². The van der Waals surface area contributed by atoms with Gasteiger partial charge in [0.15, 0.2) is 0 Å². The third-order valence-electron chi connectivity index (χ3n) is 1.93. The summed E-state index contributed by atoms with van der Waals surface area (Å²) in [5, 5.41) is 0. The number of methoxy groups -OCH3 is 1. The molecule has 1 heterocycles. The minimum atomic E-state index is -0.0639. The number of nitrogen functional groups attached to an aromatic ring is 1. The van der Waals surface area contributed by atoms with E-state index in [1.165, 1.54) is 0 Å². The second-order valence-electron chi connectivity index (χ2n) is 2.88. The molecule has 0 aromatic carbocycles. The second-order valence-corrected chi connectivity index (χ2v) is 2.88. The molecule has 0 aliphatic heterocycles. The molecule has 0 saturated carbocycles. The zero-order chi connectivity index (χ0) is 9.84. The lowest BCUT2D eigenvalue weighted by Crippen LogP contribution is -2.11. The van der Waals surface area contributed by atoms with E-state index in [-0.39, 0.29) is 6.04 Å². The van der Waals surface area contributed by atoms with Gasteiger partial charge in [-0.05, 0) is 12.5 Å². The molecular formula is C9H15N3O. The maximum Gasteiger partial charge on any atom is 0.217 e. The number of aromatic nitrogens is 1. The number of nitrogens with zero attached hydrogens (tertiary/aromatic N) is 1. The van der Waals surface area contributed by atoms with Crippen LogP contribution in [0.3, 0.4) is 0 Å². The van der Waals surface area contributed by atoms with Crippen LogP contribution in [0.2, 0.25) is 0 Å². The summed E-state index contributed by atoms with van der Waals surface area (Å²) < 4.78 is 5.08. The topological polar surface area (TPSA) is 74.2 Å². The van der Waals surface area contributed by atoms with E-state index in [0.29, 0.717) is 11.6 Å². The van der Waals surface area contributed by atoms with Gasteiger partial charge in [-0.25, -0.2) is 4.98 Å². The van der Waals surface area contributed by atoms with Gasteiger partial charge in [-0.3, -0.25) is 0 Å². The van der Waals surface area contributed by atoms with Crippen molar-refractivity contribution in [3.05, 3.63) is 17.8 Å². The Morgan fingerprint density at radius 1 is 1.62 bits per heavy atom. The van der Waals surface area contributed by atoms with Gasteiger partial charge < -0.3 is 16.2 Å². The maximum absolute atomic E-state index is 5.86. The van der Waals surface area contributed by atoms with Crippen molar-refractivity contribution in [3.63, 3.8) is 0 Å². The summed E-state index contributed by atoms with van der Waals surface area (Å²) in [4.78, 5) is 4.04. The first-order valence-electron chi connectivity index (χ1n) is 4.24. The lowest BCUT2D eigenvalue weighted by Gasteiger charge is -2.12. The molecular weight excluding hydrogens is 166 g/mol. The predicted molar refractivity (Wildman–Crippen MR) is 52.4 cm³/mol. The number of ether oxygens (including phenoxy) is 1. The van der Waals surface area contributed by atoms with Crippen LogP contribution in [0, 0.1) is 0 Å². The van der Waals surface area contributed by atoms with E-state index in [1.54, 1.807) is 19.4 Å². The van der Waals surface area contributed by atoms with E-state index in [0.717, 1.165) is 12.0 Å². The van der Waals surface area contributed by atoms with Crippen molar-refractivity contribution in [2.75, 3.05) is 12.8 Å². The number of hydrogen-bond donors (Lipinski definition) is 2. The Balaban J connectivity index is 3.07. The van der Waals surface area contributed by atoms with Gasteiger partial charge in [0.2, 0.25) is 5.88 Å². The summed E-state index contributed by atoms with van der Waals surface area (Å²) in [5.74, 6) is 0.559. The first-order chi connectivity index (χ1) is 6.19. The van der Waals surface area contributed by atoms with E-state index in [2.05, 4.69) is 4.98 Å². The minimum Gasteiger partial charge on any atom is -0.481 e. The highest BCUT2D eigenvalue weighted by molar-refractivity contribution is 5.43. The average Bonchev–Trinajstić information content (AvgIpc) is 2.16. The van der Waals surface area contributed by atoms with Gasteiger partial charge in [0.05, 0.1) is 19.0 Å².